The summed E-state index contributed by atoms with van der Waals surface area (Å²) in [7, 11) is 1.93. The molecule has 0 atom stereocenters. The van der Waals surface area contributed by atoms with Gasteiger partial charge in [0.25, 0.3) is 0 Å². The van der Waals surface area contributed by atoms with Crippen molar-refractivity contribution in [3.05, 3.63) is 23.8 Å². The van der Waals surface area contributed by atoms with E-state index in [0.29, 0.717) is 50.2 Å². The number of esters is 1. The summed E-state index contributed by atoms with van der Waals surface area (Å²) in [5, 5.41) is 2.82. The smallest absolute Gasteiger partial charge is 0.325 e. The van der Waals surface area contributed by atoms with Crippen molar-refractivity contribution in [2.24, 2.45) is 4.99 Å². The fourth-order valence-electron chi connectivity index (χ4n) is 5.45. The highest BCUT2D eigenvalue weighted by Crippen LogP contribution is 2.30. The second kappa shape index (κ2) is 13.6. The first-order valence-electron chi connectivity index (χ1n) is 14.3. The molecule has 0 unspecified atom stereocenters. The molecule has 0 saturated heterocycles. The van der Waals surface area contributed by atoms with Gasteiger partial charge in [0, 0.05) is 38.0 Å². The number of amides is 2. The van der Waals surface area contributed by atoms with E-state index in [9.17, 15) is 14.4 Å². The van der Waals surface area contributed by atoms with Crippen LogP contribution in [0.15, 0.2) is 23.2 Å². The van der Waals surface area contributed by atoms with E-state index in [0.717, 1.165) is 49.8 Å². The molecule has 9 nitrogen and oxygen atoms in total. The van der Waals surface area contributed by atoms with E-state index in [2.05, 4.69) is 10.3 Å². The molecule has 4 rings (SSSR count). The van der Waals surface area contributed by atoms with Crippen LogP contribution in [-0.4, -0.2) is 65.9 Å². The van der Waals surface area contributed by atoms with Crippen molar-refractivity contribution in [2.45, 2.75) is 103 Å². The molecule has 1 aromatic rings. The average molecular weight is 527 g/mol. The van der Waals surface area contributed by atoms with Gasteiger partial charge in [0.1, 0.15) is 18.4 Å². The molecule has 2 fully saturated rings. The fraction of sp³-hybridized carbons (Fsp3) is 0.655. The van der Waals surface area contributed by atoms with Gasteiger partial charge in [-0.1, -0.05) is 26.2 Å². The van der Waals surface area contributed by atoms with Crippen LogP contribution < -0.4 is 10.1 Å². The molecule has 9 heteroatoms. The molecule has 2 amide bonds. The summed E-state index contributed by atoms with van der Waals surface area (Å²) < 4.78 is 11.6. The number of rotatable bonds is 10. The number of carbonyl (C=O) groups is 3. The summed E-state index contributed by atoms with van der Waals surface area (Å²) in [5.74, 6) is 0.768. The number of aliphatic imine (C=N–C) groups is 1. The van der Waals surface area contributed by atoms with Gasteiger partial charge in [-0.2, -0.15) is 0 Å². The SMILES string of the molecule is CCC(=O)NC1=Nc2ccc(OCCCC(=O)N(C)C3CCCCC3)cc2CN1CC(=O)OC1CCCC1. The number of ether oxygens (including phenoxy) is 2. The van der Waals surface area contributed by atoms with Gasteiger partial charge in [-0.3, -0.25) is 19.7 Å². The van der Waals surface area contributed by atoms with E-state index in [4.69, 9.17) is 9.47 Å². The van der Waals surface area contributed by atoms with Crippen molar-refractivity contribution >= 4 is 29.4 Å². The predicted molar refractivity (Wildman–Crippen MR) is 145 cm³/mol. The van der Waals surface area contributed by atoms with Crippen molar-refractivity contribution in [3.63, 3.8) is 0 Å². The second-order valence-corrected chi connectivity index (χ2v) is 10.6. The molecule has 38 heavy (non-hydrogen) atoms. The molecule has 0 bridgehead atoms. The molecule has 1 aliphatic heterocycles. The lowest BCUT2D eigenvalue weighted by molar-refractivity contribution is -0.149. The third-order valence-electron chi connectivity index (χ3n) is 7.75. The monoisotopic (exact) mass is 526 g/mol. The molecular weight excluding hydrogens is 484 g/mol. The van der Waals surface area contributed by atoms with E-state index in [-0.39, 0.29) is 30.4 Å². The quantitative estimate of drug-likeness (QED) is 0.357. The normalized spacial score (nSPS) is 17.9. The maximum atomic E-state index is 12.6. The summed E-state index contributed by atoms with van der Waals surface area (Å²) in [5.41, 5.74) is 1.63. The molecule has 0 aromatic heterocycles. The topological polar surface area (TPSA) is 101 Å². The number of nitrogens with zero attached hydrogens (tertiary/aromatic N) is 3. The van der Waals surface area contributed by atoms with Crippen LogP contribution in [-0.2, 0) is 25.7 Å². The fourth-order valence-corrected chi connectivity index (χ4v) is 5.45. The molecule has 208 valence electrons. The summed E-state index contributed by atoms with van der Waals surface area (Å²) in [6, 6.07) is 6.01. The van der Waals surface area contributed by atoms with Crippen LogP contribution in [0.25, 0.3) is 0 Å². The molecule has 1 heterocycles. The molecule has 3 aliphatic rings. The van der Waals surface area contributed by atoms with Crippen molar-refractivity contribution in [1.29, 1.82) is 0 Å². The first-order valence-corrected chi connectivity index (χ1v) is 14.3. The lowest BCUT2D eigenvalue weighted by Crippen LogP contribution is -2.47. The Kier molecular flexibility index (Phi) is 10.0. The van der Waals surface area contributed by atoms with Gasteiger partial charge >= 0.3 is 5.97 Å². The van der Waals surface area contributed by atoms with Gasteiger partial charge in [0.15, 0.2) is 0 Å². The van der Waals surface area contributed by atoms with Gasteiger partial charge in [0.05, 0.1) is 12.3 Å². The van der Waals surface area contributed by atoms with Gasteiger partial charge in [0.2, 0.25) is 17.8 Å². The Morgan fingerprint density at radius 2 is 1.82 bits per heavy atom. The van der Waals surface area contributed by atoms with Crippen molar-refractivity contribution in [3.8, 4) is 5.75 Å². The van der Waals surface area contributed by atoms with Gasteiger partial charge < -0.3 is 19.3 Å². The number of guanidine groups is 1. The predicted octanol–water partition coefficient (Wildman–Crippen LogP) is 4.45. The number of fused-ring (bicyclic) bond motifs is 1. The van der Waals surface area contributed by atoms with Gasteiger partial charge in [-0.05, 0) is 63.1 Å². The van der Waals surface area contributed by atoms with Crippen molar-refractivity contribution in [2.75, 3.05) is 20.2 Å². The minimum Gasteiger partial charge on any atom is -0.494 e. The van der Waals surface area contributed by atoms with Crippen LogP contribution in [0, 0.1) is 0 Å². The lowest BCUT2D eigenvalue weighted by atomic mass is 9.94. The maximum absolute atomic E-state index is 12.6. The zero-order valence-corrected chi connectivity index (χ0v) is 22.9. The number of hydrogen-bond acceptors (Lipinski definition) is 7. The third kappa shape index (κ3) is 7.71. The van der Waals surface area contributed by atoms with Gasteiger partial charge in [-0.15, -0.1) is 0 Å². The Hall–Kier alpha value is -3.10. The summed E-state index contributed by atoms with van der Waals surface area (Å²) in [4.78, 5) is 45.6. The summed E-state index contributed by atoms with van der Waals surface area (Å²) in [6.45, 7) is 2.64. The Morgan fingerprint density at radius 3 is 2.55 bits per heavy atom. The third-order valence-corrected chi connectivity index (χ3v) is 7.75. The minimum atomic E-state index is -0.311. The van der Waals surface area contributed by atoms with Gasteiger partial charge in [-0.25, -0.2) is 4.99 Å². The molecular formula is C29H42N4O5. The van der Waals surface area contributed by atoms with E-state index in [1.807, 2.05) is 30.1 Å². The molecule has 0 spiro atoms. The number of nitrogens with one attached hydrogen (secondary N) is 1. The summed E-state index contributed by atoms with van der Waals surface area (Å²) in [6.07, 6.45) is 11.3. The van der Waals surface area contributed by atoms with Crippen LogP contribution in [0.5, 0.6) is 5.75 Å². The molecule has 2 saturated carbocycles. The second-order valence-electron chi connectivity index (χ2n) is 10.6. The van der Waals surface area contributed by atoms with Crippen LogP contribution >= 0.6 is 0 Å². The molecule has 0 radical (unpaired) electrons. The van der Waals surface area contributed by atoms with Crippen LogP contribution in [0.2, 0.25) is 0 Å². The number of carbonyl (C=O) groups excluding carboxylic acids is 3. The molecule has 1 N–H and O–H groups in total. The zero-order chi connectivity index (χ0) is 26.9. The van der Waals surface area contributed by atoms with E-state index in [1.54, 1.807) is 11.8 Å². The first kappa shape index (κ1) is 27.9. The number of benzene rings is 1. The molecule has 2 aliphatic carbocycles. The van der Waals surface area contributed by atoms with Crippen LogP contribution in [0.3, 0.4) is 0 Å². The first-order chi connectivity index (χ1) is 18.4. The zero-order valence-electron chi connectivity index (χ0n) is 22.9. The highest BCUT2D eigenvalue weighted by atomic mass is 16.5. The molecule has 1 aromatic carbocycles. The average Bonchev–Trinajstić information content (AvgIpc) is 3.44. The Morgan fingerprint density at radius 1 is 1.08 bits per heavy atom. The summed E-state index contributed by atoms with van der Waals surface area (Å²) >= 11 is 0. The van der Waals surface area contributed by atoms with E-state index >= 15 is 0 Å². The Bertz CT molecular complexity index is 1010. The Labute approximate surface area is 225 Å². The minimum absolute atomic E-state index is 0.0143. The van der Waals surface area contributed by atoms with Crippen LogP contribution in [0.1, 0.15) is 89.5 Å². The highest BCUT2D eigenvalue weighted by molar-refractivity contribution is 5.99. The Balaban J connectivity index is 1.32. The lowest BCUT2D eigenvalue weighted by Gasteiger charge is -2.31. The largest absolute Gasteiger partial charge is 0.494 e. The highest BCUT2D eigenvalue weighted by Gasteiger charge is 2.27. The van der Waals surface area contributed by atoms with Crippen molar-refractivity contribution < 1.29 is 23.9 Å². The standard InChI is InChI=1S/C29H42N4O5/c1-3-26(34)31-29-30-25-16-15-24(37-17-9-14-27(35)32(2)22-10-5-4-6-11-22)18-21(25)19-33(29)20-28(36)38-23-12-7-8-13-23/h15-16,18,22-23H,3-14,17,19-20H2,1-2H3,(H,30,31,34). The van der Waals surface area contributed by atoms with Crippen LogP contribution in [0.4, 0.5) is 5.69 Å². The maximum Gasteiger partial charge on any atom is 0.325 e. The number of hydrogen-bond donors (Lipinski definition) is 1. The van der Waals surface area contributed by atoms with E-state index in [1.165, 1.54) is 19.3 Å². The van der Waals surface area contributed by atoms with Crippen molar-refractivity contribution in [1.82, 2.24) is 15.1 Å². The van der Waals surface area contributed by atoms with E-state index < -0.39 is 0 Å².